The van der Waals surface area contributed by atoms with Crippen LogP contribution in [0.15, 0.2) is 54.2 Å². The van der Waals surface area contributed by atoms with E-state index < -0.39 is 0 Å². The molecule has 0 amide bonds. The Bertz CT molecular complexity index is 731. The van der Waals surface area contributed by atoms with Gasteiger partial charge in [-0.25, -0.2) is 0 Å². The largest absolute Gasteiger partial charge is 0.440 e. The van der Waals surface area contributed by atoms with Gasteiger partial charge in [0, 0.05) is 29.7 Å². The Morgan fingerprint density at radius 1 is 1.25 bits per heavy atom. The molecule has 5 nitrogen and oxygen atoms in total. The molecule has 1 atom stereocenters. The number of nitrogens with two attached hydrogens (primary N) is 2. The average Bonchev–Trinajstić information content (AvgIpc) is 2.46. The van der Waals surface area contributed by atoms with Gasteiger partial charge < -0.3 is 16.2 Å². The molecule has 0 saturated carbocycles. The van der Waals surface area contributed by atoms with Crippen LogP contribution in [0.1, 0.15) is 17.0 Å². The lowest BCUT2D eigenvalue weighted by Crippen LogP contribution is -2.21. The molecule has 1 aliphatic heterocycles. The Morgan fingerprint density at radius 2 is 2.10 bits per heavy atom. The number of hydrogen-bond donors (Lipinski definition) is 2. The molecular weight excluding hydrogens is 252 g/mol. The molecule has 0 radical (unpaired) electrons. The van der Waals surface area contributed by atoms with Gasteiger partial charge in [0.1, 0.15) is 17.4 Å². The monoisotopic (exact) mass is 264 g/mol. The smallest absolute Gasteiger partial charge is 0.205 e. The van der Waals surface area contributed by atoms with Gasteiger partial charge in [-0.3, -0.25) is 4.98 Å². The highest BCUT2D eigenvalue weighted by Crippen LogP contribution is 2.42. The molecule has 0 fully saturated rings. The molecule has 4 N–H and O–H groups in total. The van der Waals surface area contributed by atoms with Crippen LogP contribution >= 0.6 is 0 Å². The molecule has 0 saturated heterocycles. The number of benzene rings is 1. The Hall–Kier alpha value is -3.00. The first-order chi connectivity index (χ1) is 9.70. The van der Waals surface area contributed by atoms with Gasteiger partial charge in [0.15, 0.2) is 0 Å². The molecular formula is C15H12N4O. The van der Waals surface area contributed by atoms with Crippen molar-refractivity contribution in [3.8, 4) is 11.8 Å². The number of nitriles is 1. The molecule has 0 aliphatic carbocycles. The number of nitrogen functional groups attached to an aromatic ring is 1. The van der Waals surface area contributed by atoms with Crippen LogP contribution in [0.2, 0.25) is 0 Å². The van der Waals surface area contributed by atoms with Crippen molar-refractivity contribution < 1.29 is 4.74 Å². The van der Waals surface area contributed by atoms with E-state index in [1.54, 1.807) is 24.5 Å². The zero-order chi connectivity index (χ0) is 14.1. The molecule has 5 heteroatoms. The first-order valence-corrected chi connectivity index (χ1v) is 6.07. The van der Waals surface area contributed by atoms with E-state index in [0.717, 1.165) is 11.1 Å². The van der Waals surface area contributed by atoms with E-state index in [1.807, 2.05) is 18.2 Å². The van der Waals surface area contributed by atoms with E-state index in [4.69, 9.17) is 16.2 Å². The molecule has 2 aromatic rings. The molecule has 0 unspecified atom stereocenters. The first kappa shape index (κ1) is 12.1. The fraction of sp³-hybridized carbons (Fsp3) is 0.0667. The van der Waals surface area contributed by atoms with Crippen molar-refractivity contribution >= 4 is 5.69 Å². The van der Waals surface area contributed by atoms with Gasteiger partial charge >= 0.3 is 0 Å². The minimum absolute atomic E-state index is 0.111. The standard InChI is InChI=1S/C15H12N4O/c16-7-12-14(9-2-1-5-19-8-9)11-4-3-10(17)6-13(11)20-15(12)18/h1-6,8,14H,17-18H2/t14-/m1/s1. The summed E-state index contributed by atoms with van der Waals surface area (Å²) in [5.74, 6) is 0.410. The number of anilines is 1. The third kappa shape index (κ3) is 1.84. The van der Waals surface area contributed by atoms with Crippen molar-refractivity contribution in [2.24, 2.45) is 5.73 Å². The van der Waals surface area contributed by atoms with E-state index in [1.165, 1.54) is 0 Å². The molecule has 1 aromatic heterocycles. The number of allylic oxidation sites excluding steroid dienone is 1. The fourth-order valence-electron chi connectivity index (χ4n) is 2.36. The maximum atomic E-state index is 9.36. The maximum Gasteiger partial charge on any atom is 0.205 e. The zero-order valence-corrected chi connectivity index (χ0v) is 10.6. The maximum absolute atomic E-state index is 9.36. The van der Waals surface area contributed by atoms with Gasteiger partial charge in [-0.05, 0) is 17.7 Å². The summed E-state index contributed by atoms with van der Waals surface area (Å²) in [7, 11) is 0. The highest BCUT2D eigenvalue weighted by atomic mass is 16.5. The summed E-state index contributed by atoms with van der Waals surface area (Å²) < 4.78 is 5.50. The SMILES string of the molecule is N#CC1=C(N)Oc2cc(N)ccc2[C@H]1c1cccnc1. The molecule has 1 aromatic carbocycles. The van der Waals surface area contributed by atoms with Crippen molar-refractivity contribution in [1.82, 2.24) is 4.98 Å². The molecule has 2 heterocycles. The molecule has 98 valence electrons. The summed E-state index contributed by atoms with van der Waals surface area (Å²) in [5.41, 5.74) is 14.3. The van der Waals surface area contributed by atoms with Crippen LogP contribution in [0, 0.1) is 11.3 Å². The molecule has 0 spiro atoms. The Balaban J connectivity index is 2.23. The molecule has 0 bridgehead atoms. The topological polar surface area (TPSA) is 98.0 Å². The normalized spacial score (nSPS) is 17.1. The fourth-order valence-corrected chi connectivity index (χ4v) is 2.36. The van der Waals surface area contributed by atoms with Gasteiger partial charge in [-0.15, -0.1) is 0 Å². The van der Waals surface area contributed by atoms with Gasteiger partial charge in [0.2, 0.25) is 5.88 Å². The second kappa shape index (κ2) is 4.59. The summed E-state index contributed by atoms with van der Waals surface area (Å²) in [6.45, 7) is 0. The van der Waals surface area contributed by atoms with E-state index in [-0.39, 0.29) is 11.8 Å². The highest BCUT2D eigenvalue weighted by Gasteiger charge is 2.30. The van der Waals surface area contributed by atoms with Gasteiger partial charge in [0.05, 0.1) is 5.92 Å². The zero-order valence-electron chi connectivity index (χ0n) is 10.6. The number of fused-ring (bicyclic) bond motifs is 1. The predicted molar refractivity (Wildman–Crippen MR) is 74.4 cm³/mol. The van der Waals surface area contributed by atoms with Gasteiger partial charge in [-0.1, -0.05) is 12.1 Å². The number of ether oxygens (including phenoxy) is 1. The van der Waals surface area contributed by atoms with Crippen molar-refractivity contribution in [2.75, 3.05) is 5.73 Å². The third-order valence-electron chi connectivity index (χ3n) is 3.26. The number of nitrogens with zero attached hydrogens (tertiary/aromatic N) is 2. The van der Waals surface area contributed by atoms with Crippen molar-refractivity contribution in [3.05, 3.63) is 65.3 Å². The van der Waals surface area contributed by atoms with Crippen LogP contribution < -0.4 is 16.2 Å². The summed E-state index contributed by atoms with van der Waals surface area (Å²) in [5, 5.41) is 9.36. The summed E-state index contributed by atoms with van der Waals surface area (Å²) in [6.07, 6.45) is 3.41. The Morgan fingerprint density at radius 3 is 2.80 bits per heavy atom. The van der Waals surface area contributed by atoms with Crippen LogP contribution in [0.5, 0.6) is 5.75 Å². The number of aromatic nitrogens is 1. The average molecular weight is 264 g/mol. The van der Waals surface area contributed by atoms with Gasteiger partial charge in [-0.2, -0.15) is 5.26 Å². The predicted octanol–water partition coefficient (Wildman–Crippen LogP) is 1.88. The minimum Gasteiger partial charge on any atom is -0.440 e. The summed E-state index contributed by atoms with van der Waals surface area (Å²) in [6, 6.07) is 11.2. The highest BCUT2D eigenvalue weighted by molar-refractivity contribution is 5.59. The van der Waals surface area contributed by atoms with Crippen LogP contribution in [-0.2, 0) is 0 Å². The lowest BCUT2D eigenvalue weighted by atomic mass is 9.84. The van der Waals surface area contributed by atoms with E-state index in [0.29, 0.717) is 17.0 Å². The van der Waals surface area contributed by atoms with Crippen molar-refractivity contribution in [1.29, 1.82) is 5.26 Å². The van der Waals surface area contributed by atoms with Crippen LogP contribution in [-0.4, -0.2) is 4.98 Å². The van der Waals surface area contributed by atoms with E-state index in [9.17, 15) is 5.26 Å². The first-order valence-electron chi connectivity index (χ1n) is 6.07. The Kier molecular flexibility index (Phi) is 2.77. The van der Waals surface area contributed by atoms with E-state index in [2.05, 4.69) is 11.1 Å². The molecule has 20 heavy (non-hydrogen) atoms. The minimum atomic E-state index is -0.280. The summed E-state index contributed by atoms with van der Waals surface area (Å²) >= 11 is 0. The van der Waals surface area contributed by atoms with E-state index >= 15 is 0 Å². The summed E-state index contributed by atoms with van der Waals surface area (Å²) in [4.78, 5) is 4.11. The third-order valence-corrected chi connectivity index (χ3v) is 3.26. The second-order valence-electron chi connectivity index (χ2n) is 4.51. The van der Waals surface area contributed by atoms with Crippen LogP contribution in [0.25, 0.3) is 0 Å². The quantitative estimate of drug-likeness (QED) is 0.766. The van der Waals surface area contributed by atoms with Crippen LogP contribution in [0.4, 0.5) is 5.69 Å². The van der Waals surface area contributed by atoms with Crippen molar-refractivity contribution in [3.63, 3.8) is 0 Å². The Labute approximate surface area is 116 Å². The lowest BCUT2D eigenvalue weighted by molar-refractivity contribution is 0.394. The number of pyridine rings is 1. The van der Waals surface area contributed by atoms with Gasteiger partial charge in [0.25, 0.3) is 0 Å². The van der Waals surface area contributed by atoms with Crippen LogP contribution in [0.3, 0.4) is 0 Å². The second-order valence-corrected chi connectivity index (χ2v) is 4.51. The van der Waals surface area contributed by atoms with Crippen molar-refractivity contribution in [2.45, 2.75) is 5.92 Å². The number of rotatable bonds is 1. The molecule has 3 rings (SSSR count). The molecule has 1 aliphatic rings. The lowest BCUT2D eigenvalue weighted by Gasteiger charge is -2.26. The number of hydrogen-bond acceptors (Lipinski definition) is 5.